The van der Waals surface area contributed by atoms with E-state index in [1.54, 1.807) is 24.3 Å². The summed E-state index contributed by atoms with van der Waals surface area (Å²) < 4.78 is 28.4. The van der Waals surface area contributed by atoms with Crippen molar-refractivity contribution < 1.29 is 27.9 Å². The number of carbonyl (C=O) groups is 3. The van der Waals surface area contributed by atoms with E-state index in [1.807, 2.05) is 0 Å². The summed E-state index contributed by atoms with van der Waals surface area (Å²) in [5, 5.41) is 2.57. The summed E-state index contributed by atoms with van der Waals surface area (Å²) in [6, 6.07) is 11.9. The van der Waals surface area contributed by atoms with Crippen LogP contribution in [0, 0.1) is 0 Å². The summed E-state index contributed by atoms with van der Waals surface area (Å²) in [6.07, 6.45) is -0.0826. The first-order valence-corrected chi connectivity index (χ1v) is 7.75. The molecule has 3 rings (SSSR count). The Labute approximate surface area is 147 Å². The molecular weight excluding hydrogens is 346 g/mol. The minimum absolute atomic E-state index is 0.0241. The fourth-order valence-electron chi connectivity index (χ4n) is 2.60. The molecule has 134 valence electrons. The monoisotopic (exact) mass is 360 g/mol. The molecule has 1 N–H and O–H groups in total. The molecule has 1 aliphatic heterocycles. The molecule has 0 saturated carbocycles. The largest absolute Gasteiger partial charge is 0.435 e. The molecule has 0 bridgehead atoms. The highest BCUT2D eigenvalue weighted by molar-refractivity contribution is 6.21. The van der Waals surface area contributed by atoms with Crippen molar-refractivity contribution in [3.63, 3.8) is 0 Å². The van der Waals surface area contributed by atoms with Gasteiger partial charge in [0.05, 0.1) is 11.1 Å². The van der Waals surface area contributed by atoms with E-state index in [4.69, 9.17) is 0 Å². The van der Waals surface area contributed by atoms with E-state index < -0.39 is 24.3 Å². The maximum absolute atomic E-state index is 12.2. The van der Waals surface area contributed by atoms with Crippen LogP contribution in [0.2, 0.25) is 0 Å². The Hall–Kier alpha value is -3.29. The highest BCUT2D eigenvalue weighted by Crippen LogP contribution is 2.22. The molecule has 1 heterocycles. The summed E-state index contributed by atoms with van der Waals surface area (Å²) in [7, 11) is 0. The number of nitrogens with one attached hydrogen (secondary N) is 1. The fourth-order valence-corrected chi connectivity index (χ4v) is 2.60. The van der Waals surface area contributed by atoms with Crippen molar-refractivity contribution >= 4 is 23.4 Å². The Kier molecular flexibility index (Phi) is 4.92. The van der Waals surface area contributed by atoms with Crippen LogP contribution >= 0.6 is 0 Å². The van der Waals surface area contributed by atoms with E-state index in [-0.39, 0.29) is 18.7 Å². The van der Waals surface area contributed by atoms with Crippen molar-refractivity contribution in [2.75, 3.05) is 11.9 Å². The molecule has 8 heteroatoms. The zero-order valence-electron chi connectivity index (χ0n) is 13.4. The lowest BCUT2D eigenvalue weighted by atomic mass is 10.1. The van der Waals surface area contributed by atoms with Crippen molar-refractivity contribution in [1.82, 2.24) is 4.90 Å². The number of benzene rings is 2. The lowest BCUT2D eigenvalue weighted by molar-refractivity contribution is -0.116. The molecule has 0 saturated heterocycles. The molecule has 3 amide bonds. The molecule has 0 spiro atoms. The predicted molar refractivity (Wildman–Crippen MR) is 88.1 cm³/mol. The molecule has 6 nitrogen and oxygen atoms in total. The summed E-state index contributed by atoms with van der Waals surface area (Å²) >= 11 is 0. The van der Waals surface area contributed by atoms with Gasteiger partial charge in [-0.3, -0.25) is 19.3 Å². The van der Waals surface area contributed by atoms with E-state index >= 15 is 0 Å². The maximum Gasteiger partial charge on any atom is 0.387 e. The van der Waals surface area contributed by atoms with Gasteiger partial charge in [-0.05, 0) is 36.4 Å². The molecule has 0 fully saturated rings. The van der Waals surface area contributed by atoms with Crippen molar-refractivity contribution in [3.05, 3.63) is 59.7 Å². The number of amides is 3. The Morgan fingerprint density at radius 3 is 2.12 bits per heavy atom. The van der Waals surface area contributed by atoms with Gasteiger partial charge in [-0.15, -0.1) is 0 Å². The number of alkyl halides is 2. The first-order valence-electron chi connectivity index (χ1n) is 7.75. The second-order valence-corrected chi connectivity index (χ2v) is 5.51. The van der Waals surface area contributed by atoms with E-state index in [9.17, 15) is 23.2 Å². The molecule has 1 aliphatic rings. The molecule has 0 aliphatic carbocycles. The summed E-state index contributed by atoms with van der Waals surface area (Å²) in [5.41, 5.74) is 1.04. The van der Waals surface area contributed by atoms with Crippen LogP contribution in [0.5, 0.6) is 5.75 Å². The van der Waals surface area contributed by atoms with Gasteiger partial charge < -0.3 is 10.1 Å². The van der Waals surface area contributed by atoms with E-state index in [2.05, 4.69) is 10.1 Å². The minimum atomic E-state index is -2.92. The average molecular weight is 360 g/mol. The number of imide groups is 1. The topological polar surface area (TPSA) is 75.7 Å². The zero-order valence-corrected chi connectivity index (χ0v) is 13.4. The van der Waals surface area contributed by atoms with Gasteiger partial charge in [-0.25, -0.2) is 0 Å². The molecule has 0 unspecified atom stereocenters. The van der Waals surface area contributed by atoms with E-state index in [0.29, 0.717) is 16.8 Å². The molecule has 0 atom stereocenters. The normalized spacial score (nSPS) is 13.1. The quantitative estimate of drug-likeness (QED) is 0.804. The van der Waals surface area contributed by atoms with Gasteiger partial charge in [-0.1, -0.05) is 12.1 Å². The number of rotatable bonds is 6. The lowest BCUT2D eigenvalue weighted by Crippen LogP contribution is -2.32. The molecule has 2 aromatic rings. The van der Waals surface area contributed by atoms with Gasteiger partial charge >= 0.3 is 6.61 Å². The van der Waals surface area contributed by atoms with Gasteiger partial charge in [0.25, 0.3) is 11.8 Å². The Balaban J connectivity index is 1.55. The summed E-state index contributed by atoms with van der Waals surface area (Å²) in [6.45, 7) is -2.97. The van der Waals surface area contributed by atoms with Crippen LogP contribution in [0.3, 0.4) is 0 Å². The Morgan fingerprint density at radius 2 is 1.58 bits per heavy atom. The molecule has 26 heavy (non-hydrogen) atoms. The van der Waals surface area contributed by atoms with Crippen LogP contribution in [0.25, 0.3) is 0 Å². The number of carbonyl (C=O) groups excluding carboxylic acids is 3. The third kappa shape index (κ3) is 3.69. The van der Waals surface area contributed by atoms with Crippen LogP contribution in [0.15, 0.2) is 48.5 Å². The predicted octanol–water partition coefficient (Wildman–Crippen LogP) is 2.91. The van der Waals surface area contributed by atoms with Crippen LogP contribution in [-0.4, -0.2) is 35.8 Å². The SMILES string of the molecule is O=C(CCN1C(=O)c2ccccc2C1=O)Nc1ccc(OC(F)F)cc1. The molecule has 0 radical (unpaired) electrons. The standard InChI is InChI=1S/C18H14F2N2O4/c19-18(20)26-12-7-5-11(6-8-12)21-15(23)9-10-22-16(24)13-3-1-2-4-14(13)17(22)25/h1-8,18H,9-10H2,(H,21,23). The minimum Gasteiger partial charge on any atom is -0.435 e. The van der Waals surface area contributed by atoms with Gasteiger partial charge in [-0.2, -0.15) is 8.78 Å². The fraction of sp³-hybridized carbons (Fsp3) is 0.167. The van der Waals surface area contributed by atoms with Crippen molar-refractivity contribution in [3.8, 4) is 5.75 Å². The Morgan fingerprint density at radius 1 is 1.00 bits per heavy atom. The second-order valence-electron chi connectivity index (χ2n) is 5.51. The number of fused-ring (bicyclic) bond motifs is 1. The molecule has 2 aromatic carbocycles. The van der Waals surface area contributed by atoms with Crippen molar-refractivity contribution in [2.24, 2.45) is 0 Å². The third-order valence-corrected chi connectivity index (χ3v) is 3.80. The number of nitrogens with zero attached hydrogens (tertiary/aromatic N) is 1. The van der Waals surface area contributed by atoms with Crippen LogP contribution < -0.4 is 10.1 Å². The number of halogens is 2. The first kappa shape index (κ1) is 17.5. The van der Waals surface area contributed by atoms with Crippen molar-refractivity contribution in [2.45, 2.75) is 13.0 Å². The molecular formula is C18H14F2N2O4. The van der Waals surface area contributed by atoms with Gasteiger partial charge in [0, 0.05) is 18.7 Å². The van der Waals surface area contributed by atoms with Crippen LogP contribution in [-0.2, 0) is 4.79 Å². The first-order chi connectivity index (χ1) is 12.5. The Bertz CT molecular complexity index is 818. The smallest absolute Gasteiger partial charge is 0.387 e. The highest BCUT2D eigenvalue weighted by atomic mass is 19.3. The number of anilines is 1. The highest BCUT2D eigenvalue weighted by Gasteiger charge is 2.34. The van der Waals surface area contributed by atoms with Crippen LogP contribution in [0.4, 0.5) is 14.5 Å². The molecule has 0 aromatic heterocycles. The van der Waals surface area contributed by atoms with Crippen molar-refractivity contribution in [1.29, 1.82) is 0 Å². The number of hydrogen-bond acceptors (Lipinski definition) is 4. The lowest BCUT2D eigenvalue weighted by Gasteiger charge is -2.13. The number of ether oxygens (including phenoxy) is 1. The van der Waals surface area contributed by atoms with E-state index in [0.717, 1.165) is 4.90 Å². The average Bonchev–Trinajstić information content (AvgIpc) is 2.86. The number of hydrogen-bond donors (Lipinski definition) is 1. The summed E-state index contributed by atoms with van der Waals surface area (Å²) in [4.78, 5) is 37.4. The van der Waals surface area contributed by atoms with Crippen LogP contribution in [0.1, 0.15) is 27.1 Å². The third-order valence-electron chi connectivity index (χ3n) is 3.80. The van der Waals surface area contributed by atoms with Gasteiger partial charge in [0.15, 0.2) is 0 Å². The van der Waals surface area contributed by atoms with E-state index in [1.165, 1.54) is 24.3 Å². The maximum atomic E-state index is 12.2. The zero-order chi connectivity index (χ0) is 18.7. The van der Waals surface area contributed by atoms with Gasteiger partial charge in [0.2, 0.25) is 5.91 Å². The second kappa shape index (κ2) is 7.30. The summed E-state index contributed by atoms with van der Waals surface area (Å²) in [5.74, 6) is -1.29. The van der Waals surface area contributed by atoms with Gasteiger partial charge in [0.1, 0.15) is 5.75 Å².